The van der Waals surface area contributed by atoms with Gasteiger partial charge in [-0.3, -0.25) is 0 Å². The highest BCUT2D eigenvalue weighted by Crippen LogP contribution is 2.35. The summed E-state index contributed by atoms with van der Waals surface area (Å²) in [7, 11) is 0. The lowest BCUT2D eigenvalue weighted by Gasteiger charge is -2.43. The highest BCUT2D eigenvalue weighted by molar-refractivity contribution is 5.89. The maximum Gasteiger partial charge on any atom is 0.338 e. The van der Waals surface area contributed by atoms with Gasteiger partial charge in [0.15, 0.2) is 6.29 Å². The summed E-state index contributed by atoms with van der Waals surface area (Å²) in [6, 6.07) is 9.01. The number of hydrogen-bond acceptors (Lipinski definition) is 6. The zero-order chi connectivity index (χ0) is 21.1. The Kier molecular flexibility index (Phi) is 10.6. The number of benzene rings is 1. The summed E-state index contributed by atoms with van der Waals surface area (Å²) in [4.78, 5) is 12.2. The normalized spacial score (nSPS) is 27.0. The number of carbonyl (C=O) groups is 1. The van der Waals surface area contributed by atoms with Gasteiger partial charge in [-0.2, -0.15) is 0 Å². The third-order valence-corrected chi connectivity index (χ3v) is 5.60. The highest BCUT2D eigenvalue weighted by atomic mass is 16.7. The molecule has 1 aromatic carbocycles. The molecule has 1 aliphatic rings. The Balaban J connectivity index is 1.74. The first-order valence-corrected chi connectivity index (χ1v) is 10.7. The molecule has 5 atom stereocenters. The van der Waals surface area contributed by atoms with Gasteiger partial charge in [-0.05, 0) is 30.4 Å². The van der Waals surface area contributed by atoms with Crippen LogP contribution in [0, 0.1) is 17.8 Å². The maximum atomic E-state index is 12.2. The van der Waals surface area contributed by atoms with Crippen LogP contribution in [0.4, 0.5) is 0 Å². The molecule has 0 spiro atoms. The van der Waals surface area contributed by atoms with Crippen LogP contribution in [0.5, 0.6) is 0 Å². The molecule has 0 saturated carbocycles. The first-order chi connectivity index (χ1) is 14.0. The molecular weight excluding hydrogens is 372 g/mol. The van der Waals surface area contributed by atoms with Crippen molar-refractivity contribution in [3.63, 3.8) is 0 Å². The number of hydrogen-bond donors (Lipinski definition) is 0. The average molecular weight is 409 g/mol. The van der Waals surface area contributed by atoms with Crippen molar-refractivity contribution in [2.45, 2.75) is 46.5 Å². The summed E-state index contributed by atoms with van der Waals surface area (Å²) in [6.07, 6.45) is 0.488. The van der Waals surface area contributed by atoms with Gasteiger partial charge in [-0.25, -0.2) is 4.79 Å². The van der Waals surface area contributed by atoms with E-state index in [1.807, 2.05) is 18.2 Å². The smallest absolute Gasteiger partial charge is 0.338 e. The van der Waals surface area contributed by atoms with Crippen molar-refractivity contribution in [1.82, 2.24) is 0 Å². The molecule has 1 fully saturated rings. The number of rotatable bonds is 12. The Morgan fingerprint density at radius 3 is 2.24 bits per heavy atom. The second-order valence-corrected chi connectivity index (χ2v) is 7.68. The van der Waals surface area contributed by atoms with E-state index < -0.39 is 0 Å². The lowest BCUT2D eigenvalue weighted by atomic mass is 9.79. The van der Waals surface area contributed by atoms with Crippen molar-refractivity contribution in [2.75, 3.05) is 39.6 Å². The maximum absolute atomic E-state index is 12.2. The summed E-state index contributed by atoms with van der Waals surface area (Å²) in [5.41, 5.74) is 0.547. The second kappa shape index (κ2) is 13.0. The van der Waals surface area contributed by atoms with Crippen LogP contribution >= 0.6 is 0 Å². The molecular formula is C23H36O6. The van der Waals surface area contributed by atoms with Gasteiger partial charge in [-0.1, -0.05) is 45.9 Å². The van der Waals surface area contributed by atoms with Crippen LogP contribution in [0.3, 0.4) is 0 Å². The molecule has 29 heavy (non-hydrogen) atoms. The standard InChI is InChI=1S/C23H36O6/c1-5-11-25-12-13-26-14-15-27-23-19(4)17(2)18(3)21(29-23)16-28-22(24)20-9-7-6-8-10-20/h6-10,17-19,21,23H,5,11-16H2,1-4H3/t17-,18-,19?,21?,23+/m0/s1. The van der Waals surface area contributed by atoms with Crippen LogP contribution < -0.4 is 0 Å². The van der Waals surface area contributed by atoms with E-state index in [0.717, 1.165) is 13.0 Å². The van der Waals surface area contributed by atoms with Crippen LogP contribution in [0.1, 0.15) is 44.5 Å². The minimum absolute atomic E-state index is 0.192. The predicted octanol–water partition coefficient (Wildman–Crippen LogP) is 3.94. The molecule has 2 rings (SSSR count). The monoisotopic (exact) mass is 408 g/mol. The van der Waals surface area contributed by atoms with Gasteiger partial charge in [0.25, 0.3) is 0 Å². The fourth-order valence-corrected chi connectivity index (χ4v) is 3.37. The van der Waals surface area contributed by atoms with Crippen molar-refractivity contribution in [1.29, 1.82) is 0 Å². The molecule has 1 saturated heterocycles. The van der Waals surface area contributed by atoms with Gasteiger partial charge in [0.2, 0.25) is 0 Å². The van der Waals surface area contributed by atoms with Crippen molar-refractivity contribution in [3.05, 3.63) is 35.9 Å². The fraction of sp³-hybridized carbons (Fsp3) is 0.696. The van der Waals surface area contributed by atoms with Crippen molar-refractivity contribution < 1.29 is 28.5 Å². The molecule has 6 heteroatoms. The lowest BCUT2D eigenvalue weighted by Crippen LogP contribution is -2.48. The highest BCUT2D eigenvalue weighted by Gasteiger charge is 2.40. The zero-order valence-electron chi connectivity index (χ0n) is 18.2. The zero-order valence-corrected chi connectivity index (χ0v) is 18.2. The SMILES string of the molecule is CCCOCCOCCO[C@@H]1OC(COC(=O)c2ccccc2)[C@@H](C)[C@H](C)C1C. The third kappa shape index (κ3) is 7.70. The van der Waals surface area contributed by atoms with Crippen LogP contribution in [-0.2, 0) is 23.7 Å². The lowest BCUT2D eigenvalue weighted by molar-refractivity contribution is -0.256. The minimum Gasteiger partial charge on any atom is -0.459 e. The molecule has 6 nitrogen and oxygen atoms in total. The van der Waals surface area contributed by atoms with E-state index in [9.17, 15) is 4.79 Å². The summed E-state index contributed by atoms with van der Waals surface area (Å²) >= 11 is 0. The Hall–Kier alpha value is -1.47. The van der Waals surface area contributed by atoms with Crippen LogP contribution in [0.25, 0.3) is 0 Å². The fourth-order valence-electron chi connectivity index (χ4n) is 3.37. The van der Waals surface area contributed by atoms with E-state index in [1.165, 1.54) is 0 Å². The molecule has 0 aliphatic carbocycles. The third-order valence-electron chi connectivity index (χ3n) is 5.60. The molecule has 2 unspecified atom stereocenters. The van der Waals surface area contributed by atoms with Gasteiger partial charge in [0.05, 0.1) is 38.1 Å². The molecule has 1 aliphatic heterocycles. The van der Waals surface area contributed by atoms with E-state index in [4.69, 9.17) is 23.7 Å². The molecule has 1 aromatic rings. The van der Waals surface area contributed by atoms with Gasteiger partial charge >= 0.3 is 5.97 Å². The quantitative estimate of drug-likeness (QED) is 0.386. The first kappa shape index (κ1) is 23.8. The Labute approximate surface area is 174 Å². The molecule has 0 bridgehead atoms. The van der Waals surface area contributed by atoms with Crippen LogP contribution in [0.2, 0.25) is 0 Å². The van der Waals surface area contributed by atoms with Gasteiger partial charge in [-0.15, -0.1) is 0 Å². The Morgan fingerprint density at radius 2 is 1.55 bits per heavy atom. The van der Waals surface area contributed by atoms with Crippen LogP contribution in [-0.4, -0.2) is 58.0 Å². The van der Waals surface area contributed by atoms with Gasteiger partial charge in [0, 0.05) is 12.5 Å². The molecule has 0 amide bonds. The summed E-state index contributed by atoms with van der Waals surface area (Å²) in [5, 5.41) is 0. The Morgan fingerprint density at radius 1 is 0.897 bits per heavy atom. The van der Waals surface area contributed by atoms with E-state index in [1.54, 1.807) is 12.1 Å². The second-order valence-electron chi connectivity index (χ2n) is 7.68. The van der Waals surface area contributed by atoms with Gasteiger partial charge in [0.1, 0.15) is 6.61 Å². The van der Waals surface area contributed by atoms with Crippen molar-refractivity contribution in [3.8, 4) is 0 Å². The number of esters is 1. The largest absolute Gasteiger partial charge is 0.459 e. The average Bonchev–Trinajstić information content (AvgIpc) is 2.75. The number of ether oxygens (including phenoxy) is 5. The van der Waals surface area contributed by atoms with E-state index in [-0.39, 0.29) is 36.8 Å². The Bertz CT molecular complexity index is 578. The molecule has 0 N–H and O–H groups in total. The molecule has 0 aromatic heterocycles. The topological polar surface area (TPSA) is 63.2 Å². The summed E-state index contributed by atoms with van der Waals surface area (Å²) < 4.78 is 28.5. The molecule has 164 valence electrons. The van der Waals surface area contributed by atoms with E-state index in [0.29, 0.717) is 37.9 Å². The molecule has 0 radical (unpaired) electrons. The molecule has 1 heterocycles. The minimum atomic E-state index is -0.332. The summed E-state index contributed by atoms with van der Waals surface area (Å²) in [6.45, 7) is 11.7. The van der Waals surface area contributed by atoms with E-state index in [2.05, 4.69) is 27.7 Å². The van der Waals surface area contributed by atoms with Crippen molar-refractivity contribution >= 4 is 5.97 Å². The van der Waals surface area contributed by atoms with Gasteiger partial charge < -0.3 is 23.7 Å². The predicted molar refractivity (Wildman–Crippen MR) is 111 cm³/mol. The van der Waals surface area contributed by atoms with Crippen LogP contribution in [0.15, 0.2) is 30.3 Å². The van der Waals surface area contributed by atoms with Crippen molar-refractivity contribution in [2.24, 2.45) is 17.8 Å². The first-order valence-electron chi connectivity index (χ1n) is 10.7. The van der Waals surface area contributed by atoms with E-state index >= 15 is 0 Å². The number of carbonyl (C=O) groups excluding carboxylic acids is 1. The summed E-state index contributed by atoms with van der Waals surface area (Å²) in [5.74, 6) is 0.570.